The van der Waals surface area contributed by atoms with Gasteiger partial charge in [0.25, 0.3) is 0 Å². The number of aromatic nitrogens is 1. The maximum atomic E-state index is 5.04. The van der Waals surface area contributed by atoms with Crippen molar-refractivity contribution in [2.45, 2.75) is 55.4 Å². The predicted octanol–water partition coefficient (Wildman–Crippen LogP) is 6.90. The van der Waals surface area contributed by atoms with Crippen LogP contribution in [0.2, 0.25) is 0 Å². The molecule has 1 heterocycles. The molecule has 2 heteroatoms. The van der Waals surface area contributed by atoms with E-state index in [1.54, 1.807) is 0 Å². The Hall–Kier alpha value is -1.35. The van der Waals surface area contributed by atoms with E-state index in [4.69, 9.17) is 4.98 Å². The van der Waals surface area contributed by atoms with Crippen molar-refractivity contribution < 1.29 is 35.6 Å². The SMILES string of the molecule is Cc1c(C)c(C)c2c([n-]c3c(C)c(C)c(C)c(C)c32)c1C.[La].[c-]1ccccc1. The first kappa shape index (κ1) is 22.9. The summed E-state index contributed by atoms with van der Waals surface area (Å²) in [7, 11) is 0. The minimum Gasteiger partial charge on any atom is -0.656 e. The fraction of sp³-hybridized carbons (Fsp3) is 0.308. The number of aryl methyl sites for hydroxylation is 4. The van der Waals surface area contributed by atoms with Gasteiger partial charge in [0.05, 0.1) is 0 Å². The van der Waals surface area contributed by atoms with Crippen LogP contribution in [0.5, 0.6) is 0 Å². The molecule has 4 rings (SSSR count). The van der Waals surface area contributed by atoms with Gasteiger partial charge in [-0.3, -0.25) is 0 Å². The van der Waals surface area contributed by atoms with Crippen molar-refractivity contribution in [1.29, 1.82) is 0 Å². The maximum Gasteiger partial charge on any atom is 0 e. The predicted molar refractivity (Wildman–Crippen MR) is 118 cm³/mol. The molecule has 28 heavy (non-hydrogen) atoms. The number of benzene rings is 3. The zero-order valence-electron chi connectivity index (χ0n) is 18.4. The van der Waals surface area contributed by atoms with Crippen molar-refractivity contribution in [3.63, 3.8) is 0 Å². The summed E-state index contributed by atoms with van der Waals surface area (Å²) in [5.74, 6) is 0. The number of hydrogen-bond acceptors (Lipinski definition) is 0. The van der Waals surface area contributed by atoms with E-state index in [1.807, 2.05) is 30.3 Å². The molecule has 0 N–H and O–H groups in total. The van der Waals surface area contributed by atoms with Gasteiger partial charge in [-0.15, -0.1) is 11.0 Å². The van der Waals surface area contributed by atoms with Gasteiger partial charge in [-0.25, -0.2) is 0 Å². The second kappa shape index (κ2) is 8.99. The van der Waals surface area contributed by atoms with Gasteiger partial charge >= 0.3 is 0 Å². The molecular weight excluding hydrogens is 465 g/mol. The van der Waals surface area contributed by atoms with Crippen molar-refractivity contribution in [2.24, 2.45) is 0 Å². The molecule has 1 radical (unpaired) electrons. The van der Waals surface area contributed by atoms with Gasteiger partial charge in [0.2, 0.25) is 0 Å². The molecule has 0 bridgehead atoms. The number of hydrogen-bond donors (Lipinski definition) is 0. The van der Waals surface area contributed by atoms with Crippen LogP contribution in [0.15, 0.2) is 30.3 Å². The van der Waals surface area contributed by atoms with Gasteiger partial charge in [-0.2, -0.15) is 36.4 Å². The summed E-state index contributed by atoms with van der Waals surface area (Å²) in [6, 6.07) is 12.5. The summed E-state index contributed by atoms with van der Waals surface area (Å²) in [6.45, 7) is 17.8. The minimum absolute atomic E-state index is 0. The van der Waals surface area contributed by atoms with Gasteiger partial charge in [-0.1, -0.05) is 11.1 Å². The van der Waals surface area contributed by atoms with Crippen molar-refractivity contribution >= 4 is 21.8 Å². The normalized spacial score (nSPS) is 10.6. The van der Waals surface area contributed by atoms with E-state index in [0.717, 1.165) is 0 Å². The van der Waals surface area contributed by atoms with Crippen LogP contribution in [0.3, 0.4) is 0 Å². The molecule has 4 aromatic rings. The van der Waals surface area contributed by atoms with Crippen molar-refractivity contribution in [3.8, 4) is 0 Å². The number of rotatable bonds is 0. The molecule has 0 saturated heterocycles. The molecule has 0 aliphatic rings. The largest absolute Gasteiger partial charge is 0.656 e. The Bertz CT molecular complexity index is 1030. The van der Waals surface area contributed by atoms with Gasteiger partial charge in [0, 0.05) is 35.6 Å². The Balaban J connectivity index is 0.000000344. The third-order valence-corrected chi connectivity index (χ3v) is 6.39. The monoisotopic (exact) mass is 494 g/mol. The summed E-state index contributed by atoms with van der Waals surface area (Å²) in [4.78, 5) is 5.04. The van der Waals surface area contributed by atoms with E-state index in [2.05, 4.69) is 61.5 Å². The zero-order chi connectivity index (χ0) is 19.9. The van der Waals surface area contributed by atoms with Gasteiger partial charge in [-0.05, 0) is 99.5 Å². The van der Waals surface area contributed by atoms with Crippen LogP contribution >= 0.6 is 0 Å². The van der Waals surface area contributed by atoms with Crippen molar-refractivity contribution in [3.05, 3.63) is 80.9 Å². The fourth-order valence-corrected chi connectivity index (χ4v) is 3.93. The van der Waals surface area contributed by atoms with Crippen LogP contribution in [0, 0.1) is 97.1 Å². The van der Waals surface area contributed by atoms with E-state index in [-0.39, 0.29) is 35.6 Å². The summed E-state index contributed by atoms with van der Waals surface area (Å²) in [5, 5.41) is 2.74. The molecule has 0 fully saturated rings. The third-order valence-electron chi connectivity index (χ3n) is 6.39. The molecule has 143 valence electrons. The van der Waals surface area contributed by atoms with Crippen LogP contribution in [-0.2, 0) is 0 Å². The second-order valence-electron chi connectivity index (χ2n) is 7.64. The third kappa shape index (κ3) is 3.75. The molecule has 0 aliphatic carbocycles. The van der Waals surface area contributed by atoms with Gasteiger partial charge in [0.1, 0.15) is 0 Å². The quantitative estimate of drug-likeness (QED) is 0.243. The minimum atomic E-state index is 0. The van der Waals surface area contributed by atoms with Crippen LogP contribution in [0.1, 0.15) is 44.5 Å². The molecule has 0 amide bonds. The molecule has 0 saturated carbocycles. The smallest absolute Gasteiger partial charge is 0 e. The van der Waals surface area contributed by atoms with E-state index >= 15 is 0 Å². The number of nitrogens with zero attached hydrogens (tertiary/aromatic N) is 1. The maximum absolute atomic E-state index is 5.04. The molecule has 0 unspecified atom stereocenters. The standard InChI is InChI=1S/C20H24N.C6H5.La/c1-9-11(3)15(7)19-17(13(9)5)18-14(6)10(2)12(4)16(8)20(18)21-19;1-2-4-6-5-3-1;/h1-8H3;1-5H;/q2*-1;. The number of fused-ring (bicyclic) bond motifs is 3. The van der Waals surface area contributed by atoms with Crippen LogP contribution in [0.25, 0.3) is 21.8 Å². The molecule has 0 atom stereocenters. The Morgan fingerprint density at radius 2 is 0.857 bits per heavy atom. The van der Waals surface area contributed by atoms with E-state index in [1.165, 1.54) is 66.3 Å². The zero-order valence-corrected chi connectivity index (χ0v) is 22.0. The Morgan fingerprint density at radius 3 is 1.14 bits per heavy atom. The summed E-state index contributed by atoms with van der Waals surface area (Å²) >= 11 is 0. The second-order valence-corrected chi connectivity index (χ2v) is 7.64. The van der Waals surface area contributed by atoms with Crippen molar-refractivity contribution in [1.82, 2.24) is 4.98 Å². The van der Waals surface area contributed by atoms with Gasteiger partial charge in [0.15, 0.2) is 0 Å². The molecule has 0 spiro atoms. The first-order chi connectivity index (χ1) is 12.8. The van der Waals surface area contributed by atoms with Gasteiger partial charge < -0.3 is 4.98 Å². The van der Waals surface area contributed by atoms with Crippen LogP contribution in [0.4, 0.5) is 0 Å². The fourth-order valence-electron chi connectivity index (χ4n) is 3.93. The Morgan fingerprint density at radius 1 is 0.500 bits per heavy atom. The molecule has 1 aromatic heterocycles. The Labute approximate surface area is 197 Å². The average molecular weight is 494 g/mol. The molecule has 3 aromatic carbocycles. The Kier molecular flexibility index (Phi) is 7.36. The molecule has 0 aliphatic heterocycles. The first-order valence-corrected chi connectivity index (χ1v) is 9.61. The summed E-state index contributed by atoms with van der Waals surface area (Å²) < 4.78 is 0. The van der Waals surface area contributed by atoms with Crippen LogP contribution < -0.4 is 4.98 Å². The van der Waals surface area contributed by atoms with Crippen molar-refractivity contribution in [2.75, 3.05) is 0 Å². The summed E-state index contributed by atoms with van der Waals surface area (Å²) in [6.07, 6.45) is 0. The van der Waals surface area contributed by atoms with E-state index in [9.17, 15) is 0 Å². The first-order valence-electron chi connectivity index (χ1n) is 9.61. The van der Waals surface area contributed by atoms with E-state index < -0.39 is 0 Å². The van der Waals surface area contributed by atoms with E-state index in [0.29, 0.717) is 0 Å². The molecule has 1 nitrogen and oxygen atoms in total. The van der Waals surface area contributed by atoms with Crippen LogP contribution in [-0.4, -0.2) is 0 Å². The topological polar surface area (TPSA) is 14.1 Å². The summed E-state index contributed by atoms with van der Waals surface area (Å²) in [5.41, 5.74) is 13.4. The average Bonchev–Trinajstić information content (AvgIpc) is 3.10. The molecular formula is C26H29LaN-2.